The van der Waals surface area contributed by atoms with Crippen molar-refractivity contribution in [3.05, 3.63) is 25.3 Å². The van der Waals surface area contributed by atoms with Crippen LogP contribution in [0.1, 0.15) is 26.2 Å². The van der Waals surface area contributed by atoms with Gasteiger partial charge in [-0.05, 0) is 26.2 Å². The lowest BCUT2D eigenvalue weighted by molar-refractivity contribution is -0.154. The molecule has 0 aromatic rings. The fourth-order valence-electron chi connectivity index (χ4n) is 6.25. The highest BCUT2D eigenvalue weighted by atomic mass is 32.2. The lowest BCUT2D eigenvalue weighted by Crippen LogP contribution is -2.57. The number of nitrogens with zero attached hydrogens (tertiary/aromatic N) is 3. The number of carbonyl (C=O) groups excluding carboxylic acids is 3. The number of esters is 1. The highest BCUT2D eigenvalue weighted by molar-refractivity contribution is 8.02. The van der Waals surface area contributed by atoms with Crippen molar-refractivity contribution in [1.82, 2.24) is 14.7 Å². The maximum Gasteiger partial charge on any atom is 0.310 e. The number of ether oxygens (including phenoxy) is 2. The number of likely N-dealkylation sites (tertiary alicyclic amines) is 1. The number of thioether (sulfide) groups is 1. The van der Waals surface area contributed by atoms with Crippen LogP contribution in [-0.2, 0) is 23.9 Å². The average molecular weight is 522 g/mol. The van der Waals surface area contributed by atoms with E-state index in [2.05, 4.69) is 18.1 Å². The first-order valence-electron chi connectivity index (χ1n) is 13.0. The van der Waals surface area contributed by atoms with E-state index < -0.39 is 28.7 Å². The third kappa shape index (κ3) is 4.85. The molecule has 4 saturated heterocycles. The van der Waals surface area contributed by atoms with E-state index in [1.165, 1.54) is 0 Å². The van der Waals surface area contributed by atoms with Crippen LogP contribution >= 0.6 is 11.8 Å². The molecular formula is C26H39N3O6S. The first-order valence-corrected chi connectivity index (χ1v) is 13.9. The van der Waals surface area contributed by atoms with Crippen molar-refractivity contribution in [3.8, 4) is 0 Å². The van der Waals surface area contributed by atoms with Gasteiger partial charge in [0.1, 0.15) is 6.04 Å². The third-order valence-electron chi connectivity index (χ3n) is 8.00. The molecule has 0 saturated carbocycles. The van der Waals surface area contributed by atoms with E-state index in [1.54, 1.807) is 40.6 Å². The number of aliphatic hydroxyl groups is 1. The molecule has 2 unspecified atom stereocenters. The minimum atomic E-state index is -0.734. The molecule has 1 spiro atoms. The minimum absolute atomic E-state index is 0.0433. The summed E-state index contributed by atoms with van der Waals surface area (Å²) in [5.74, 6) is -1.91. The van der Waals surface area contributed by atoms with Gasteiger partial charge >= 0.3 is 5.97 Å². The molecule has 10 heteroatoms. The number of hydrogen-bond acceptors (Lipinski definition) is 8. The summed E-state index contributed by atoms with van der Waals surface area (Å²) < 4.78 is 10.3. The molecule has 0 radical (unpaired) electrons. The summed E-state index contributed by atoms with van der Waals surface area (Å²) in [4.78, 5) is 46.8. The zero-order valence-corrected chi connectivity index (χ0v) is 22.0. The van der Waals surface area contributed by atoms with Crippen LogP contribution < -0.4 is 0 Å². The molecule has 200 valence electrons. The van der Waals surface area contributed by atoms with Gasteiger partial charge in [-0.25, -0.2) is 0 Å². The van der Waals surface area contributed by atoms with Crippen LogP contribution in [0.3, 0.4) is 0 Å². The van der Waals surface area contributed by atoms with Crippen molar-refractivity contribution in [2.45, 2.75) is 48.3 Å². The van der Waals surface area contributed by atoms with E-state index in [0.29, 0.717) is 45.7 Å². The molecule has 2 bridgehead atoms. The lowest BCUT2D eigenvalue weighted by Gasteiger charge is -2.39. The van der Waals surface area contributed by atoms with Gasteiger partial charge in [0.05, 0.1) is 49.1 Å². The Morgan fingerprint density at radius 2 is 2.08 bits per heavy atom. The molecular weight excluding hydrogens is 482 g/mol. The Bertz CT molecular complexity index is 865. The van der Waals surface area contributed by atoms with Crippen molar-refractivity contribution in [1.29, 1.82) is 0 Å². The Kier molecular flexibility index (Phi) is 8.80. The Balaban J connectivity index is 1.60. The summed E-state index contributed by atoms with van der Waals surface area (Å²) in [6.45, 7) is 13.9. The molecule has 4 heterocycles. The predicted octanol–water partition coefficient (Wildman–Crippen LogP) is 0.925. The Morgan fingerprint density at radius 1 is 1.33 bits per heavy atom. The molecule has 1 N–H and O–H groups in total. The number of morpholine rings is 1. The molecule has 4 fully saturated rings. The highest BCUT2D eigenvalue weighted by Crippen LogP contribution is 2.66. The van der Waals surface area contributed by atoms with E-state index in [1.807, 2.05) is 0 Å². The highest BCUT2D eigenvalue weighted by Gasteiger charge is 2.74. The number of carbonyl (C=O) groups is 3. The number of amides is 2. The Labute approximate surface area is 217 Å². The van der Waals surface area contributed by atoms with Crippen LogP contribution in [-0.4, -0.2) is 119 Å². The second-order valence-corrected chi connectivity index (χ2v) is 11.7. The topological polar surface area (TPSA) is 99.6 Å². The fraction of sp³-hybridized carbons (Fsp3) is 0.731. The van der Waals surface area contributed by atoms with Crippen LogP contribution in [0.4, 0.5) is 0 Å². The van der Waals surface area contributed by atoms with Crippen LogP contribution in [0.5, 0.6) is 0 Å². The summed E-state index contributed by atoms with van der Waals surface area (Å²) in [6, 6.07) is -1.27. The van der Waals surface area contributed by atoms with Gasteiger partial charge in [-0.15, -0.1) is 24.9 Å². The number of fused-ring (bicyclic) bond motifs is 1. The maximum atomic E-state index is 14.2. The van der Waals surface area contributed by atoms with Crippen molar-refractivity contribution < 1.29 is 29.0 Å². The molecule has 9 nitrogen and oxygen atoms in total. The van der Waals surface area contributed by atoms with E-state index in [-0.39, 0.29) is 36.2 Å². The van der Waals surface area contributed by atoms with E-state index in [9.17, 15) is 19.5 Å². The third-order valence-corrected chi connectivity index (χ3v) is 9.95. The smallest absolute Gasteiger partial charge is 0.310 e. The average Bonchev–Trinajstić information content (AvgIpc) is 3.53. The van der Waals surface area contributed by atoms with Crippen LogP contribution in [0.25, 0.3) is 0 Å². The van der Waals surface area contributed by atoms with Crippen molar-refractivity contribution >= 4 is 29.5 Å². The molecule has 4 aliphatic heterocycles. The summed E-state index contributed by atoms with van der Waals surface area (Å²) >= 11 is 1.61. The van der Waals surface area contributed by atoms with Gasteiger partial charge in [0.2, 0.25) is 11.8 Å². The number of rotatable bonds is 12. The summed E-state index contributed by atoms with van der Waals surface area (Å²) in [5.41, 5.74) is 0. The monoisotopic (exact) mass is 521 g/mol. The van der Waals surface area contributed by atoms with Gasteiger partial charge in [0.25, 0.3) is 0 Å². The lowest BCUT2D eigenvalue weighted by atomic mass is 9.71. The molecule has 36 heavy (non-hydrogen) atoms. The first kappa shape index (κ1) is 27.2. The van der Waals surface area contributed by atoms with Gasteiger partial charge < -0.3 is 24.4 Å². The largest absolute Gasteiger partial charge is 0.465 e. The molecule has 0 aliphatic carbocycles. The molecule has 2 amide bonds. The van der Waals surface area contributed by atoms with Gasteiger partial charge in [0, 0.05) is 38.0 Å². The second kappa shape index (κ2) is 11.7. The molecule has 4 aliphatic rings. The summed E-state index contributed by atoms with van der Waals surface area (Å²) in [5, 5.41) is 9.97. The molecule has 4 rings (SSSR count). The normalized spacial score (nSPS) is 32.3. The second-order valence-electron chi connectivity index (χ2n) is 10.1. The molecule has 6 atom stereocenters. The summed E-state index contributed by atoms with van der Waals surface area (Å²) in [7, 11) is 0. The molecule has 0 aromatic carbocycles. The quantitative estimate of drug-likeness (QED) is 0.230. The minimum Gasteiger partial charge on any atom is -0.465 e. The van der Waals surface area contributed by atoms with E-state index in [0.717, 1.165) is 19.5 Å². The van der Waals surface area contributed by atoms with Crippen molar-refractivity contribution in [2.75, 3.05) is 59.2 Å². The van der Waals surface area contributed by atoms with E-state index >= 15 is 0 Å². The standard InChI is InChI=1S/C26H39N3O6S/c1-4-6-14-35-25(33)20-19-7-8-26(36-19)21(20)23(31)29(18(3)17-30)22(26)24(32)28(9-5-2)11-10-27-12-15-34-16-13-27/h4-5,18-22,30H,1-2,6-17H2,3H3/t18-,19-,20+,21+,22?,26?/m1/s1. The van der Waals surface area contributed by atoms with Crippen LogP contribution in [0.2, 0.25) is 0 Å². The summed E-state index contributed by atoms with van der Waals surface area (Å²) in [6.07, 6.45) is 5.40. The van der Waals surface area contributed by atoms with Crippen molar-refractivity contribution in [3.63, 3.8) is 0 Å². The maximum absolute atomic E-state index is 14.2. The van der Waals surface area contributed by atoms with Gasteiger partial charge in [-0.2, -0.15) is 0 Å². The SMILES string of the molecule is C=CCCOC(=O)[C@@H]1[C@H]2C(=O)N([C@H](C)CO)C(C(=O)N(CC=C)CCN3CCOCC3)C23CC[C@H]1S3. The van der Waals surface area contributed by atoms with Crippen LogP contribution in [0, 0.1) is 11.8 Å². The van der Waals surface area contributed by atoms with E-state index in [4.69, 9.17) is 9.47 Å². The van der Waals surface area contributed by atoms with Crippen molar-refractivity contribution in [2.24, 2.45) is 11.8 Å². The first-order chi connectivity index (χ1) is 17.4. The Hall–Kier alpha value is -1.88. The molecule has 0 aromatic heterocycles. The zero-order valence-electron chi connectivity index (χ0n) is 21.2. The van der Waals surface area contributed by atoms with Gasteiger partial charge in [0.15, 0.2) is 0 Å². The Morgan fingerprint density at radius 3 is 2.75 bits per heavy atom. The fourth-order valence-corrected chi connectivity index (χ4v) is 8.43. The van der Waals surface area contributed by atoms with Crippen LogP contribution in [0.15, 0.2) is 25.3 Å². The van der Waals surface area contributed by atoms with Gasteiger partial charge in [-0.3, -0.25) is 19.3 Å². The number of aliphatic hydroxyl groups excluding tert-OH is 1. The number of hydrogen-bond donors (Lipinski definition) is 1. The predicted molar refractivity (Wildman–Crippen MR) is 137 cm³/mol. The van der Waals surface area contributed by atoms with Gasteiger partial charge in [-0.1, -0.05) is 12.2 Å². The zero-order chi connectivity index (χ0) is 25.9.